The molecule has 0 saturated carbocycles. The molecule has 0 aromatic heterocycles. The predicted octanol–water partition coefficient (Wildman–Crippen LogP) is 10.1. The third kappa shape index (κ3) is 14.0. The Hall–Kier alpha value is -4.13. The molecule has 0 amide bonds. The lowest BCUT2D eigenvalue weighted by Crippen LogP contribution is -2.53. The summed E-state index contributed by atoms with van der Waals surface area (Å²) in [6, 6.07) is 48.2. The number of esters is 1. The zero-order chi connectivity index (χ0) is 41.0. The summed E-state index contributed by atoms with van der Waals surface area (Å²) in [5, 5.41) is 0. The van der Waals surface area contributed by atoms with Crippen molar-refractivity contribution in [3.8, 4) is 5.75 Å². The van der Waals surface area contributed by atoms with Gasteiger partial charge in [-0.25, -0.2) is 4.79 Å². The van der Waals surface area contributed by atoms with E-state index in [1.165, 1.54) is 0 Å². The van der Waals surface area contributed by atoms with E-state index in [-0.39, 0.29) is 32.4 Å². The summed E-state index contributed by atoms with van der Waals surface area (Å²) in [4.78, 5) is 14.1. The van der Waals surface area contributed by atoms with Crippen molar-refractivity contribution in [2.24, 2.45) is 0 Å². The van der Waals surface area contributed by atoms with Gasteiger partial charge in [0.05, 0.1) is 59.5 Å². The molecule has 1 aliphatic heterocycles. The molecule has 1 saturated heterocycles. The smallest absolute Gasteiger partial charge is 0.332 e. The van der Waals surface area contributed by atoms with Crippen molar-refractivity contribution in [2.75, 3.05) is 31.8 Å². The van der Waals surface area contributed by atoms with Gasteiger partial charge >= 0.3 is 5.97 Å². The van der Waals surface area contributed by atoms with Gasteiger partial charge < -0.3 is 33.2 Å². The monoisotopic (exact) mass is 836 g/mol. The minimum Gasteiger partial charge on any atom is -0.497 e. The standard InChI is InChI=1S/C49H56O8S2/c1-3-53-48(50)49(58-29-16-30-59-49)31-44(54-33-39-19-10-5-11-20-39)46(56-35-41-23-14-7-15-24-41)47(57-36-42-25-27-43(51-2)28-26-42)45(55-34-40-21-12-6-13-22-40)37-52-32-38-17-8-4-9-18-38/h4-15,17-28,44-47H,3,16,29-37H2,1-2H3/t44?,45?,46?,47-/m1/s1. The number of carbonyl (C=O) groups is 1. The Labute approximate surface area is 358 Å². The van der Waals surface area contributed by atoms with Gasteiger partial charge in [-0.2, -0.15) is 0 Å². The van der Waals surface area contributed by atoms with Crippen LogP contribution in [0.1, 0.15) is 47.6 Å². The molecule has 5 aromatic rings. The Morgan fingerprint density at radius 3 is 1.46 bits per heavy atom. The second kappa shape index (κ2) is 24.2. The summed E-state index contributed by atoms with van der Waals surface area (Å²) in [5.41, 5.74) is 5.02. The Balaban J connectivity index is 1.42. The first kappa shape index (κ1) is 44.4. The highest BCUT2D eigenvalue weighted by atomic mass is 32.2. The van der Waals surface area contributed by atoms with Crippen molar-refractivity contribution >= 4 is 29.5 Å². The van der Waals surface area contributed by atoms with Gasteiger partial charge in [0.2, 0.25) is 0 Å². The van der Waals surface area contributed by atoms with Crippen LogP contribution in [0.25, 0.3) is 0 Å². The highest BCUT2D eigenvalue weighted by Crippen LogP contribution is 2.48. The minimum atomic E-state index is -0.908. The van der Waals surface area contributed by atoms with Gasteiger partial charge in [0.25, 0.3) is 0 Å². The van der Waals surface area contributed by atoms with E-state index in [0.29, 0.717) is 26.2 Å². The van der Waals surface area contributed by atoms with Gasteiger partial charge in [-0.15, -0.1) is 23.5 Å². The predicted molar refractivity (Wildman–Crippen MR) is 236 cm³/mol. The molecule has 8 nitrogen and oxygen atoms in total. The van der Waals surface area contributed by atoms with E-state index in [1.54, 1.807) is 30.6 Å². The number of thioether (sulfide) groups is 2. The van der Waals surface area contributed by atoms with Crippen molar-refractivity contribution in [2.45, 2.75) is 81.3 Å². The summed E-state index contributed by atoms with van der Waals surface area (Å²) in [5.74, 6) is 2.18. The molecule has 312 valence electrons. The third-order valence-corrected chi connectivity index (χ3v) is 13.3. The zero-order valence-corrected chi connectivity index (χ0v) is 35.7. The molecule has 3 unspecified atom stereocenters. The maximum atomic E-state index is 14.1. The van der Waals surface area contributed by atoms with Crippen LogP contribution in [0.2, 0.25) is 0 Å². The normalized spacial score (nSPS) is 15.8. The highest BCUT2D eigenvalue weighted by molar-refractivity contribution is 8.19. The maximum Gasteiger partial charge on any atom is 0.332 e. The lowest BCUT2D eigenvalue weighted by atomic mass is 9.97. The molecule has 0 N–H and O–H groups in total. The van der Waals surface area contributed by atoms with Gasteiger partial charge in [-0.05, 0) is 64.8 Å². The van der Waals surface area contributed by atoms with Crippen molar-refractivity contribution in [1.82, 2.24) is 0 Å². The van der Waals surface area contributed by atoms with Crippen LogP contribution < -0.4 is 4.74 Å². The molecule has 5 aromatic carbocycles. The molecular weight excluding hydrogens is 781 g/mol. The highest BCUT2D eigenvalue weighted by Gasteiger charge is 2.49. The second-order valence-corrected chi connectivity index (χ2v) is 17.3. The lowest BCUT2D eigenvalue weighted by molar-refractivity contribution is -0.202. The van der Waals surface area contributed by atoms with Gasteiger partial charge in [-0.3, -0.25) is 0 Å². The molecule has 6 rings (SSSR count). The fourth-order valence-electron chi connectivity index (χ4n) is 6.84. The molecule has 10 heteroatoms. The van der Waals surface area contributed by atoms with Crippen molar-refractivity contribution in [3.63, 3.8) is 0 Å². The third-order valence-electron chi connectivity index (χ3n) is 9.97. The Morgan fingerprint density at radius 1 is 0.559 bits per heavy atom. The van der Waals surface area contributed by atoms with Gasteiger partial charge in [0.15, 0.2) is 4.08 Å². The first-order valence-corrected chi connectivity index (χ1v) is 22.3. The van der Waals surface area contributed by atoms with E-state index < -0.39 is 28.5 Å². The first-order chi connectivity index (χ1) is 29.0. The summed E-state index contributed by atoms with van der Waals surface area (Å²) in [6.45, 7) is 3.89. The Bertz CT molecular complexity index is 1900. The van der Waals surface area contributed by atoms with Gasteiger partial charge in [0, 0.05) is 6.42 Å². The summed E-state index contributed by atoms with van der Waals surface area (Å²) < 4.78 is 45.0. The Morgan fingerprint density at radius 2 is 0.983 bits per heavy atom. The van der Waals surface area contributed by atoms with Gasteiger partial charge in [-0.1, -0.05) is 133 Å². The largest absolute Gasteiger partial charge is 0.497 e. The molecule has 4 atom stereocenters. The number of hydrogen-bond donors (Lipinski definition) is 0. The quantitative estimate of drug-likeness (QED) is 0.0561. The number of benzene rings is 5. The fraction of sp³-hybridized carbons (Fsp3) is 0.367. The van der Waals surface area contributed by atoms with E-state index in [4.69, 9.17) is 33.2 Å². The summed E-state index contributed by atoms with van der Waals surface area (Å²) in [7, 11) is 1.65. The minimum absolute atomic E-state index is 0.206. The van der Waals surface area contributed by atoms with Crippen LogP contribution >= 0.6 is 23.5 Å². The molecule has 59 heavy (non-hydrogen) atoms. The van der Waals surface area contributed by atoms with Crippen LogP contribution in [-0.2, 0) is 66.3 Å². The molecule has 0 aliphatic carbocycles. The lowest BCUT2D eigenvalue weighted by Gasteiger charge is -2.41. The summed E-state index contributed by atoms with van der Waals surface area (Å²) >= 11 is 3.28. The Kier molecular flexibility index (Phi) is 18.2. The van der Waals surface area contributed by atoms with Crippen LogP contribution in [0.4, 0.5) is 0 Å². The average molecular weight is 837 g/mol. The SMILES string of the molecule is CCOC(=O)C1(CC(OCc2ccccc2)C(OCc2ccccc2)[C@H](OCc2ccc(OC)cc2)C(COCc2ccccc2)OCc2ccccc2)SCCCS1. The van der Waals surface area contributed by atoms with E-state index in [0.717, 1.165) is 51.5 Å². The van der Waals surface area contributed by atoms with E-state index in [9.17, 15) is 4.79 Å². The molecule has 1 fully saturated rings. The topological polar surface area (TPSA) is 81.7 Å². The van der Waals surface area contributed by atoms with E-state index >= 15 is 0 Å². The van der Waals surface area contributed by atoms with Crippen molar-refractivity contribution < 1.29 is 38.0 Å². The zero-order valence-electron chi connectivity index (χ0n) is 34.0. The van der Waals surface area contributed by atoms with E-state index in [2.05, 4.69) is 0 Å². The second-order valence-electron chi connectivity index (χ2n) is 14.3. The van der Waals surface area contributed by atoms with Crippen LogP contribution in [-0.4, -0.2) is 66.3 Å². The molecule has 0 radical (unpaired) electrons. The van der Waals surface area contributed by atoms with E-state index in [1.807, 2.05) is 153 Å². The molecular formula is C49H56O8S2. The van der Waals surface area contributed by atoms with Crippen LogP contribution in [0.15, 0.2) is 146 Å². The molecule has 0 spiro atoms. The first-order valence-electron chi connectivity index (χ1n) is 20.3. The number of rotatable bonds is 24. The fourth-order valence-corrected chi connectivity index (χ4v) is 10.0. The van der Waals surface area contributed by atoms with Crippen molar-refractivity contribution in [3.05, 3.63) is 173 Å². The average Bonchev–Trinajstić information content (AvgIpc) is 3.29. The number of ether oxygens (including phenoxy) is 7. The molecule has 0 bridgehead atoms. The number of hydrogen-bond acceptors (Lipinski definition) is 10. The summed E-state index contributed by atoms with van der Waals surface area (Å²) in [6.07, 6.45) is -1.38. The van der Waals surface area contributed by atoms with Crippen LogP contribution in [0, 0.1) is 0 Å². The number of methoxy groups -OCH3 is 1. The maximum absolute atomic E-state index is 14.1. The molecule has 1 heterocycles. The van der Waals surface area contributed by atoms with Crippen LogP contribution in [0.3, 0.4) is 0 Å². The molecule has 1 aliphatic rings. The van der Waals surface area contributed by atoms with Crippen molar-refractivity contribution in [1.29, 1.82) is 0 Å². The van der Waals surface area contributed by atoms with Crippen LogP contribution in [0.5, 0.6) is 5.75 Å². The van der Waals surface area contributed by atoms with Gasteiger partial charge in [0.1, 0.15) is 24.1 Å². The number of carbonyl (C=O) groups excluding carboxylic acids is 1.